The molecule has 0 heterocycles. The minimum atomic E-state index is -3.87. The highest BCUT2D eigenvalue weighted by atomic mass is 35.5. The van der Waals surface area contributed by atoms with E-state index in [-0.39, 0.29) is 23.9 Å². The molecular weight excluding hydrogens is 280 g/mol. The molecule has 1 amide bonds. The molecule has 0 aromatic heterocycles. The minimum Gasteiger partial charge on any atom is -0.446 e. The third kappa shape index (κ3) is 5.41. The van der Waals surface area contributed by atoms with Crippen LogP contribution in [0, 0.1) is 5.92 Å². The van der Waals surface area contributed by atoms with Crippen molar-refractivity contribution >= 4 is 27.9 Å². The van der Waals surface area contributed by atoms with Crippen molar-refractivity contribution in [1.82, 2.24) is 9.44 Å². The highest BCUT2D eigenvalue weighted by Crippen LogP contribution is 2.29. The fourth-order valence-electron chi connectivity index (χ4n) is 1.82. The SMILES string of the molecule is CC(C)OC(=O)NS(=O)(=O)NCC1CCCC1Cl. The number of halogens is 1. The number of rotatable bonds is 5. The lowest BCUT2D eigenvalue weighted by molar-refractivity contribution is 0.121. The highest BCUT2D eigenvalue weighted by Gasteiger charge is 2.27. The molecular formula is C10H19ClN2O4S. The van der Waals surface area contributed by atoms with E-state index in [4.69, 9.17) is 11.6 Å². The van der Waals surface area contributed by atoms with Gasteiger partial charge in [0.1, 0.15) is 0 Å². The number of amides is 1. The molecule has 18 heavy (non-hydrogen) atoms. The molecule has 1 aliphatic carbocycles. The average molecular weight is 299 g/mol. The van der Waals surface area contributed by atoms with Gasteiger partial charge in [-0.05, 0) is 32.6 Å². The Labute approximate surface area is 113 Å². The molecule has 0 radical (unpaired) electrons. The molecule has 0 aliphatic heterocycles. The summed E-state index contributed by atoms with van der Waals surface area (Å²) in [4.78, 5) is 11.2. The number of ether oxygens (including phenoxy) is 1. The zero-order chi connectivity index (χ0) is 13.8. The van der Waals surface area contributed by atoms with Crippen LogP contribution in [0.2, 0.25) is 0 Å². The predicted octanol–water partition coefficient (Wildman–Crippen LogP) is 1.36. The van der Waals surface area contributed by atoms with Crippen molar-refractivity contribution in [1.29, 1.82) is 0 Å². The summed E-state index contributed by atoms with van der Waals surface area (Å²) in [6.07, 6.45) is 1.45. The molecule has 2 unspecified atom stereocenters. The van der Waals surface area contributed by atoms with Gasteiger partial charge >= 0.3 is 16.3 Å². The lowest BCUT2D eigenvalue weighted by Crippen LogP contribution is -2.43. The van der Waals surface area contributed by atoms with Crippen LogP contribution in [0.4, 0.5) is 4.79 Å². The van der Waals surface area contributed by atoms with Crippen LogP contribution >= 0.6 is 11.6 Å². The summed E-state index contributed by atoms with van der Waals surface area (Å²) < 4.78 is 31.8. The fraction of sp³-hybridized carbons (Fsp3) is 0.900. The third-order valence-electron chi connectivity index (χ3n) is 2.66. The second-order valence-electron chi connectivity index (χ2n) is 4.62. The van der Waals surface area contributed by atoms with E-state index in [0.717, 1.165) is 19.3 Å². The van der Waals surface area contributed by atoms with Crippen LogP contribution < -0.4 is 9.44 Å². The Morgan fingerprint density at radius 3 is 2.61 bits per heavy atom. The molecule has 1 fully saturated rings. The van der Waals surface area contributed by atoms with Crippen LogP contribution in [0.25, 0.3) is 0 Å². The monoisotopic (exact) mass is 298 g/mol. The van der Waals surface area contributed by atoms with E-state index in [1.165, 1.54) is 0 Å². The van der Waals surface area contributed by atoms with Gasteiger partial charge in [0, 0.05) is 11.9 Å². The van der Waals surface area contributed by atoms with Crippen molar-refractivity contribution in [2.24, 2.45) is 5.92 Å². The number of hydrogen-bond acceptors (Lipinski definition) is 4. The van der Waals surface area contributed by atoms with Crippen molar-refractivity contribution in [3.8, 4) is 0 Å². The van der Waals surface area contributed by atoms with Crippen molar-refractivity contribution in [3.63, 3.8) is 0 Å². The first-order valence-corrected chi connectivity index (χ1v) is 7.84. The van der Waals surface area contributed by atoms with E-state index < -0.39 is 16.3 Å². The van der Waals surface area contributed by atoms with Crippen molar-refractivity contribution in [2.75, 3.05) is 6.54 Å². The maximum atomic E-state index is 11.5. The molecule has 106 valence electrons. The van der Waals surface area contributed by atoms with Crippen LogP contribution in [-0.2, 0) is 14.9 Å². The lowest BCUT2D eigenvalue weighted by Gasteiger charge is -2.15. The van der Waals surface area contributed by atoms with Crippen LogP contribution in [0.15, 0.2) is 0 Å². The van der Waals surface area contributed by atoms with E-state index in [1.54, 1.807) is 18.6 Å². The normalized spacial score (nSPS) is 24.2. The topological polar surface area (TPSA) is 84.5 Å². The van der Waals surface area contributed by atoms with Gasteiger partial charge in [-0.1, -0.05) is 6.42 Å². The Morgan fingerprint density at radius 1 is 1.44 bits per heavy atom. The summed E-state index contributed by atoms with van der Waals surface area (Å²) in [6, 6.07) is 0. The van der Waals surface area contributed by atoms with E-state index in [9.17, 15) is 13.2 Å². The largest absolute Gasteiger partial charge is 0.446 e. The Morgan fingerprint density at radius 2 is 2.11 bits per heavy atom. The van der Waals surface area contributed by atoms with Gasteiger partial charge in [-0.2, -0.15) is 13.1 Å². The molecule has 2 atom stereocenters. The summed E-state index contributed by atoms with van der Waals surface area (Å²) in [5.41, 5.74) is 0. The Balaban J connectivity index is 2.37. The first-order valence-electron chi connectivity index (χ1n) is 5.92. The van der Waals surface area contributed by atoms with Crippen molar-refractivity contribution in [3.05, 3.63) is 0 Å². The Hall–Kier alpha value is -0.530. The minimum absolute atomic E-state index is 0.00434. The molecule has 1 rings (SSSR count). The Bertz CT molecular complexity index is 385. The van der Waals surface area contributed by atoms with Gasteiger partial charge < -0.3 is 4.74 Å². The maximum Gasteiger partial charge on any atom is 0.422 e. The maximum absolute atomic E-state index is 11.5. The van der Waals surface area contributed by atoms with Crippen molar-refractivity contribution < 1.29 is 17.9 Å². The molecule has 8 heteroatoms. The van der Waals surface area contributed by atoms with Gasteiger partial charge in [-0.3, -0.25) is 0 Å². The molecule has 0 saturated heterocycles. The first-order chi connectivity index (χ1) is 8.30. The molecule has 0 aromatic carbocycles. The molecule has 2 N–H and O–H groups in total. The van der Waals surface area contributed by atoms with Crippen LogP contribution in [0.1, 0.15) is 33.1 Å². The van der Waals surface area contributed by atoms with E-state index in [0.29, 0.717) is 0 Å². The number of hydrogen-bond donors (Lipinski definition) is 2. The molecule has 0 spiro atoms. The van der Waals surface area contributed by atoms with Crippen LogP contribution in [-0.4, -0.2) is 32.5 Å². The first kappa shape index (κ1) is 15.5. The highest BCUT2D eigenvalue weighted by molar-refractivity contribution is 7.88. The summed E-state index contributed by atoms with van der Waals surface area (Å²) >= 11 is 6.03. The summed E-state index contributed by atoms with van der Waals surface area (Å²) in [5.74, 6) is 0.115. The van der Waals surface area contributed by atoms with E-state index >= 15 is 0 Å². The number of alkyl halides is 1. The van der Waals surface area contributed by atoms with Crippen molar-refractivity contribution in [2.45, 2.75) is 44.6 Å². The number of carbonyl (C=O) groups excluding carboxylic acids is 1. The van der Waals surface area contributed by atoms with Gasteiger partial charge in [0.25, 0.3) is 0 Å². The average Bonchev–Trinajstić information content (AvgIpc) is 2.58. The third-order valence-corrected chi connectivity index (χ3v) is 4.22. The van der Waals surface area contributed by atoms with Gasteiger partial charge in [0.2, 0.25) is 0 Å². The van der Waals surface area contributed by atoms with Crippen LogP contribution in [0.3, 0.4) is 0 Å². The zero-order valence-electron chi connectivity index (χ0n) is 10.5. The predicted molar refractivity (Wildman–Crippen MR) is 68.7 cm³/mol. The molecule has 1 saturated carbocycles. The zero-order valence-corrected chi connectivity index (χ0v) is 12.1. The number of carbonyl (C=O) groups is 1. The summed E-state index contributed by atoms with van der Waals surface area (Å²) in [6.45, 7) is 3.50. The number of nitrogens with one attached hydrogen (secondary N) is 2. The van der Waals surface area contributed by atoms with Gasteiger partial charge in [0.05, 0.1) is 6.10 Å². The van der Waals surface area contributed by atoms with Gasteiger partial charge in [-0.15, -0.1) is 11.6 Å². The van der Waals surface area contributed by atoms with E-state index in [1.807, 2.05) is 0 Å². The van der Waals surface area contributed by atoms with Gasteiger partial charge in [0.15, 0.2) is 0 Å². The molecule has 0 bridgehead atoms. The summed E-state index contributed by atoms with van der Waals surface area (Å²) in [5, 5.41) is -0.00434. The second kappa shape index (κ2) is 6.58. The van der Waals surface area contributed by atoms with Crippen LogP contribution in [0.5, 0.6) is 0 Å². The molecule has 6 nitrogen and oxygen atoms in total. The Kier molecular flexibility index (Phi) is 5.68. The standard InChI is InChI=1S/C10H19ClN2O4S/c1-7(2)17-10(14)13-18(15,16)12-6-8-4-3-5-9(8)11/h7-9,12H,3-6H2,1-2H3,(H,13,14). The van der Waals surface area contributed by atoms with E-state index in [2.05, 4.69) is 9.46 Å². The fourth-order valence-corrected chi connectivity index (χ4v) is 2.96. The second-order valence-corrected chi connectivity index (χ2v) is 6.68. The molecule has 0 aromatic rings. The molecule has 1 aliphatic rings. The van der Waals surface area contributed by atoms with Gasteiger partial charge in [-0.25, -0.2) is 9.52 Å². The smallest absolute Gasteiger partial charge is 0.422 e. The lowest BCUT2D eigenvalue weighted by atomic mass is 10.1. The quantitative estimate of drug-likeness (QED) is 0.751. The summed E-state index contributed by atoms with van der Waals surface area (Å²) in [7, 11) is -3.87.